The van der Waals surface area contributed by atoms with Gasteiger partial charge in [0.1, 0.15) is 0 Å². The summed E-state index contributed by atoms with van der Waals surface area (Å²) in [6.45, 7) is 2.02. The lowest BCUT2D eigenvalue weighted by atomic mass is 10.1. The molecule has 0 amide bonds. The van der Waals surface area contributed by atoms with E-state index in [4.69, 9.17) is 0 Å². The van der Waals surface area contributed by atoms with Gasteiger partial charge in [0, 0.05) is 34.5 Å². The summed E-state index contributed by atoms with van der Waals surface area (Å²) in [7, 11) is 0. The van der Waals surface area contributed by atoms with Gasteiger partial charge in [-0.2, -0.15) is 0 Å². The summed E-state index contributed by atoms with van der Waals surface area (Å²) in [5.41, 5.74) is 1.17. The van der Waals surface area contributed by atoms with Gasteiger partial charge in [-0.15, -0.1) is 0 Å². The van der Waals surface area contributed by atoms with Crippen LogP contribution < -0.4 is 4.90 Å². The molecule has 0 bridgehead atoms. The second-order valence-electron chi connectivity index (χ2n) is 3.97. The Morgan fingerprint density at radius 2 is 1.88 bits per heavy atom. The van der Waals surface area contributed by atoms with Crippen LogP contribution in [0.4, 0.5) is 11.4 Å². The van der Waals surface area contributed by atoms with Gasteiger partial charge >= 0.3 is 0 Å². The molecule has 2 rings (SSSR count). The van der Waals surface area contributed by atoms with Crippen molar-refractivity contribution in [3.63, 3.8) is 0 Å². The molecule has 1 saturated heterocycles. The Labute approximate surface area is 108 Å². The highest BCUT2D eigenvalue weighted by molar-refractivity contribution is 14.1. The van der Waals surface area contributed by atoms with Crippen LogP contribution in [0.5, 0.6) is 0 Å². The summed E-state index contributed by atoms with van der Waals surface area (Å²) in [5, 5.41) is 10.8. The van der Waals surface area contributed by atoms with E-state index < -0.39 is 0 Å². The molecule has 1 aliphatic heterocycles. The molecule has 86 valence electrons. The SMILES string of the molecule is O=[N+]([O-])c1cc(I)cc(N2CCCCC2)c1. The molecule has 0 aliphatic carbocycles. The number of benzene rings is 1. The molecule has 0 N–H and O–H groups in total. The zero-order valence-electron chi connectivity index (χ0n) is 8.86. The third-order valence-electron chi connectivity index (χ3n) is 2.80. The Morgan fingerprint density at radius 3 is 2.50 bits per heavy atom. The van der Waals surface area contributed by atoms with Crippen LogP contribution in [-0.4, -0.2) is 18.0 Å². The molecule has 0 saturated carbocycles. The maximum atomic E-state index is 10.8. The Hall–Kier alpha value is -0.850. The van der Waals surface area contributed by atoms with Crippen molar-refractivity contribution in [3.8, 4) is 0 Å². The van der Waals surface area contributed by atoms with Crippen LogP contribution in [0.3, 0.4) is 0 Å². The van der Waals surface area contributed by atoms with E-state index in [2.05, 4.69) is 27.5 Å². The van der Waals surface area contributed by atoms with Gasteiger partial charge in [0.05, 0.1) is 4.92 Å². The minimum absolute atomic E-state index is 0.187. The quantitative estimate of drug-likeness (QED) is 0.475. The summed E-state index contributed by atoms with van der Waals surface area (Å²) in [5.74, 6) is 0. The van der Waals surface area contributed by atoms with Crippen molar-refractivity contribution in [2.45, 2.75) is 19.3 Å². The molecule has 1 heterocycles. The Morgan fingerprint density at radius 1 is 1.19 bits per heavy atom. The zero-order valence-corrected chi connectivity index (χ0v) is 11.0. The molecule has 1 aromatic carbocycles. The van der Waals surface area contributed by atoms with Crippen LogP contribution in [0.15, 0.2) is 18.2 Å². The van der Waals surface area contributed by atoms with Gasteiger partial charge in [0.15, 0.2) is 0 Å². The minimum atomic E-state index is -0.324. The molecule has 5 heteroatoms. The molecule has 1 fully saturated rings. The largest absolute Gasteiger partial charge is 0.371 e. The van der Waals surface area contributed by atoms with Crippen LogP contribution in [0, 0.1) is 13.7 Å². The molecule has 0 aromatic heterocycles. The van der Waals surface area contributed by atoms with E-state index in [-0.39, 0.29) is 10.6 Å². The first kappa shape index (κ1) is 11.6. The summed E-state index contributed by atoms with van der Waals surface area (Å²) in [6.07, 6.45) is 3.63. The normalized spacial score (nSPS) is 16.2. The molecule has 4 nitrogen and oxygen atoms in total. The van der Waals surface area contributed by atoms with Crippen molar-refractivity contribution in [2.24, 2.45) is 0 Å². The third-order valence-corrected chi connectivity index (χ3v) is 3.42. The van der Waals surface area contributed by atoms with Crippen LogP contribution in [0.2, 0.25) is 0 Å². The first-order chi connectivity index (χ1) is 7.66. The zero-order chi connectivity index (χ0) is 11.5. The van der Waals surface area contributed by atoms with Crippen molar-refractivity contribution in [2.75, 3.05) is 18.0 Å². The van der Waals surface area contributed by atoms with Crippen LogP contribution in [0.25, 0.3) is 0 Å². The molecule has 1 aliphatic rings. The van der Waals surface area contributed by atoms with Gasteiger partial charge in [0.2, 0.25) is 0 Å². The highest BCUT2D eigenvalue weighted by Crippen LogP contribution is 2.27. The second-order valence-corrected chi connectivity index (χ2v) is 5.22. The van der Waals surface area contributed by atoms with E-state index in [1.165, 1.54) is 19.3 Å². The number of halogens is 1. The number of nitrogens with zero attached hydrogens (tertiary/aromatic N) is 2. The molecule has 0 radical (unpaired) electrons. The standard InChI is InChI=1S/C11H13IN2O2/c12-9-6-10(8-11(7-9)14(15)16)13-4-2-1-3-5-13/h6-8H,1-5H2. The van der Waals surface area contributed by atoms with Crippen molar-refractivity contribution in [3.05, 3.63) is 31.9 Å². The number of hydrogen-bond donors (Lipinski definition) is 0. The van der Waals surface area contributed by atoms with Gasteiger partial charge in [-0.25, -0.2) is 0 Å². The predicted molar refractivity (Wildman–Crippen MR) is 71.9 cm³/mol. The van der Waals surface area contributed by atoms with E-state index in [1.54, 1.807) is 12.1 Å². The van der Waals surface area contributed by atoms with Crippen molar-refractivity contribution in [1.29, 1.82) is 0 Å². The topological polar surface area (TPSA) is 46.4 Å². The van der Waals surface area contributed by atoms with Crippen molar-refractivity contribution >= 4 is 34.0 Å². The van der Waals surface area contributed by atoms with Gasteiger partial charge in [-0.1, -0.05) is 0 Å². The molecule has 0 spiro atoms. The average molecular weight is 332 g/mol. The first-order valence-electron chi connectivity index (χ1n) is 5.37. The number of piperidine rings is 1. The summed E-state index contributed by atoms with van der Waals surface area (Å²) in [4.78, 5) is 12.7. The number of non-ortho nitro benzene ring substituents is 1. The van der Waals surface area contributed by atoms with Crippen LogP contribution in [-0.2, 0) is 0 Å². The number of nitro benzene ring substituents is 1. The van der Waals surface area contributed by atoms with Gasteiger partial charge < -0.3 is 4.90 Å². The molecule has 0 atom stereocenters. The maximum absolute atomic E-state index is 10.8. The molecule has 1 aromatic rings. The van der Waals surface area contributed by atoms with Gasteiger partial charge in [-0.05, 0) is 47.9 Å². The highest BCUT2D eigenvalue weighted by atomic mass is 127. The van der Waals surface area contributed by atoms with Crippen LogP contribution >= 0.6 is 22.6 Å². The third kappa shape index (κ3) is 2.63. The predicted octanol–water partition coefficient (Wildman–Crippen LogP) is 3.19. The summed E-state index contributed by atoms with van der Waals surface area (Å²) >= 11 is 2.13. The van der Waals surface area contributed by atoms with E-state index >= 15 is 0 Å². The van der Waals surface area contributed by atoms with Crippen LogP contribution in [0.1, 0.15) is 19.3 Å². The lowest BCUT2D eigenvalue weighted by Gasteiger charge is -2.28. The second kappa shape index (κ2) is 4.99. The van der Waals surface area contributed by atoms with Crippen molar-refractivity contribution in [1.82, 2.24) is 0 Å². The monoisotopic (exact) mass is 332 g/mol. The molecular formula is C11H13IN2O2. The van der Waals surface area contributed by atoms with E-state index in [0.29, 0.717) is 0 Å². The smallest absolute Gasteiger partial charge is 0.272 e. The summed E-state index contributed by atoms with van der Waals surface area (Å²) < 4.78 is 0.923. The Kier molecular flexibility index (Phi) is 3.63. The lowest BCUT2D eigenvalue weighted by Crippen LogP contribution is -2.29. The van der Waals surface area contributed by atoms with E-state index in [0.717, 1.165) is 22.3 Å². The van der Waals surface area contributed by atoms with Gasteiger partial charge in [0.25, 0.3) is 5.69 Å². The molecule has 16 heavy (non-hydrogen) atoms. The highest BCUT2D eigenvalue weighted by Gasteiger charge is 2.15. The average Bonchev–Trinajstić information content (AvgIpc) is 2.29. The fraction of sp³-hybridized carbons (Fsp3) is 0.455. The van der Waals surface area contributed by atoms with E-state index in [1.807, 2.05) is 6.07 Å². The number of nitro groups is 1. The van der Waals surface area contributed by atoms with Crippen molar-refractivity contribution < 1.29 is 4.92 Å². The van der Waals surface area contributed by atoms with Gasteiger partial charge in [-0.3, -0.25) is 10.1 Å². The number of anilines is 1. The fourth-order valence-corrected chi connectivity index (χ4v) is 2.64. The maximum Gasteiger partial charge on any atom is 0.272 e. The fourth-order valence-electron chi connectivity index (χ4n) is 2.00. The molecule has 0 unspecified atom stereocenters. The Balaban J connectivity index is 2.28. The summed E-state index contributed by atoms with van der Waals surface area (Å²) in [6, 6.07) is 5.29. The minimum Gasteiger partial charge on any atom is -0.371 e. The number of hydrogen-bond acceptors (Lipinski definition) is 3. The number of rotatable bonds is 2. The molecular weight excluding hydrogens is 319 g/mol. The lowest BCUT2D eigenvalue weighted by molar-refractivity contribution is -0.384. The van der Waals surface area contributed by atoms with E-state index in [9.17, 15) is 10.1 Å². The first-order valence-corrected chi connectivity index (χ1v) is 6.44. The Bertz CT molecular complexity index is 403.